The largest absolute Gasteiger partial charge is 0.454 e. The molecule has 26 heavy (non-hydrogen) atoms. The highest BCUT2D eigenvalue weighted by atomic mass is 16.7. The van der Waals surface area contributed by atoms with Crippen LogP contribution in [-0.4, -0.2) is 23.1 Å². The van der Waals surface area contributed by atoms with E-state index in [1.54, 1.807) is 0 Å². The predicted octanol–water partition coefficient (Wildman–Crippen LogP) is 3.56. The SMILES string of the molecule is c1ccc(CCC2NCCn3nc(-c4ccc5c(c4)OCO5)cc32)cc1. The summed E-state index contributed by atoms with van der Waals surface area (Å²) in [5.41, 5.74) is 4.70. The summed E-state index contributed by atoms with van der Waals surface area (Å²) >= 11 is 0. The van der Waals surface area contributed by atoms with Gasteiger partial charge in [0, 0.05) is 18.2 Å². The summed E-state index contributed by atoms with van der Waals surface area (Å²) in [6, 6.07) is 19.2. The molecular formula is C21H21N3O2. The second kappa shape index (κ2) is 6.50. The number of nitrogens with one attached hydrogen (secondary N) is 1. The quantitative estimate of drug-likeness (QED) is 0.784. The van der Waals surface area contributed by atoms with Gasteiger partial charge in [-0.15, -0.1) is 0 Å². The zero-order valence-corrected chi connectivity index (χ0v) is 14.5. The smallest absolute Gasteiger partial charge is 0.231 e. The van der Waals surface area contributed by atoms with E-state index in [0.717, 1.165) is 48.7 Å². The van der Waals surface area contributed by atoms with Gasteiger partial charge < -0.3 is 14.8 Å². The van der Waals surface area contributed by atoms with Crippen molar-refractivity contribution in [3.8, 4) is 22.8 Å². The Labute approximate surface area is 152 Å². The normalized spacial score (nSPS) is 17.9. The number of fused-ring (bicyclic) bond motifs is 2. The number of rotatable bonds is 4. The highest BCUT2D eigenvalue weighted by molar-refractivity contribution is 5.64. The lowest BCUT2D eigenvalue weighted by atomic mass is 10.0. The van der Waals surface area contributed by atoms with Crippen molar-refractivity contribution in [1.82, 2.24) is 15.1 Å². The number of hydrogen-bond donors (Lipinski definition) is 1. The molecule has 1 atom stereocenters. The van der Waals surface area contributed by atoms with Crippen LogP contribution < -0.4 is 14.8 Å². The predicted molar refractivity (Wildman–Crippen MR) is 99.3 cm³/mol. The van der Waals surface area contributed by atoms with Crippen LogP contribution in [0.4, 0.5) is 0 Å². The lowest BCUT2D eigenvalue weighted by Gasteiger charge is -2.25. The van der Waals surface area contributed by atoms with Gasteiger partial charge in [-0.25, -0.2) is 0 Å². The molecule has 5 heteroatoms. The van der Waals surface area contributed by atoms with E-state index >= 15 is 0 Å². The van der Waals surface area contributed by atoms with E-state index in [0.29, 0.717) is 12.8 Å². The first kappa shape index (κ1) is 15.5. The molecule has 1 N–H and O–H groups in total. The van der Waals surface area contributed by atoms with Gasteiger partial charge in [0.15, 0.2) is 11.5 Å². The van der Waals surface area contributed by atoms with Crippen molar-refractivity contribution in [3.05, 3.63) is 65.9 Å². The van der Waals surface area contributed by atoms with E-state index in [-0.39, 0.29) is 0 Å². The lowest BCUT2D eigenvalue weighted by Crippen LogP contribution is -2.33. The minimum absolute atomic E-state index is 0.296. The number of aryl methyl sites for hydroxylation is 1. The van der Waals surface area contributed by atoms with Crippen LogP contribution in [0.15, 0.2) is 54.6 Å². The summed E-state index contributed by atoms with van der Waals surface area (Å²) < 4.78 is 13.1. The van der Waals surface area contributed by atoms with Crippen molar-refractivity contribution in [2.24, 2.45) is 0 Å². The van der Waals surface area contributed by atoms with Gasteiger partial charge in [-0.2, -0.15) is 5.10 Å². The standard InChI is InChI=1S/C21H21N3O2/c1-2-4-15(5-3-1)6-8-17-19-13-18(23-24(19)11-10-22-17)16-7-9-20-21(12-16)26-14-25-20/h1-5,7,9,12-13,17,22H,6,8,10-11,14H2. The van der Waals surface area contributed by atoms with Gasteiger partial charge in [-0.3, -0.25) is 4.68 Å². The molecule has 5 nitrogen and oxygen atoms in total. The Morgan fingerprint density at radius 1 is 1.04 bits per heavy atom. The molecular weight excluding hydrogens is 326 g/mol. The summed E-state index contributed by atoms with van der Waals surface area (Å²) in [5.74, 6) is 1.60. The van der Waals surface area contributed by atoms with Gasteiger partial charge in [-0.1, -0.05) is 30.3 Å². The summed E-state index contributed by atoms with van der Waals surface area (Å²) in [5, 5.41) is 8.48. The highest BCUT2D eigenvalue weighted by Gasteiger charge is 2.23. The van der Waals surface area contributed by atoms with E-state index in [1.807, 2.05) is 18.2 Å². The number of aromatic nitrogens is 2. The third kappa shape index (κ3) is 2.84. The van der Waals surface area contributed by atoms with Crippen LogP contribution >= 0.6 is 0 Å². The summed E-state index contributed by atoms with van der Waals surface area (Å²) in [4.78, 5) is 0. The molecule has 1 unspecified atom stereocenters. The molecule has 2 aliphatic heterocycles. The van der Waals surface area contributed by atoms with Crippen LogP contribution in [0.2, 0.25) is 0 Å². The zero-order valence-electron chi connectivity index (χ0n) is 14.5. The Morgan fingerprint density at radius 3 is 2.85 bits per heavy atom. The second-order valence-corrected chi connectivity index (χ2v) is 6.78. The van der Waals surface area contributed by atoms with Crippen LogP contribution in [0.25, 0.3) is 11.3 Å². The topological polar surface area (TPSA) is 48.3 Å². The summed E-state index contributed by atoms with van der Waals surface area (Å²) in [6.07, 6.45) is 2.12. The first-order valence-electron chi connectivity index (χ1n) is 9.12. The van der Waals surface area contributed by atoms with E-state index < -0.39 is 0 Å². The molecule has 0 radical (unpaired) electrons. The number of benzene rings is 2. The van der Waals surface area contributed by atoms with Gasteiger partial charge in [0.05, 0.1) is 17.9 Å². The number of nitrogens with zero attached hydrogens (tertiary/aromatic N) is 2. The van der Waals surface area contributed by atoms with Crippen molar-refractivity contribution >= 4 is 0 Å². The molecule has 3 aromatic rings. The molecule has 0 amide bonds. The van der Waals surface area contributed by atoms with E-state index in [1.165, 1.54) is 11.3 Å². The van der Waals surface area contributed by atoms with Gasteiger partial charge in [0.1, 0.15) is 0 Å². The van der Waals surface area contributed by atoms with Crippen LogP contribution in [0.3, 0.4) is 0 Å². The fourth-order valence-electron chi connectivity index (χ4n) is 3.74. The van der Waals surface area contributed by atoms with Crippen molar-refractivity contribution in [3.63, 3.8) is 0 Å². The second-order valence-electron chi connectivity index (χ2n) is 6.78. The molecule has 0 fully saturated rings. The molecule has 3 heterocycles. The van der Waals surface area contributed by atoms with Gasteiger partial charge in [-0.05, 0) is 42.7 Å². The minimum atomic E-state index is 0.296. The Bertz CT molecular complexity index is 920. The van der Waals surface area contributed by atoms with Crippen molar-refractivity contribution in [1.29, 1.82) is 0 Å². The molecule has 5 rings (SSSR count). The molecule has 0 bridgehead atoms. The van der Waals surface area contributed by atoms with Crippen LogP contribution in [0, 0.1) is 0 Å². The van der Waals surface area contributed by atoms with Crippen LogP contribution in [-0.2, 0) is 13.0 Å². The van der Waals surface area contributed by atoms with E-state index in [9.17, 15) is 0 Å². The first-order chi connectivity index (χ1) is 12.9. The van der Waals surface area contributed by atoms with Gasteiger partial charge >= 0.3 is 0 Å². The Morgan fingerprint density at radius 2 is 1.92 bits per heavy atom. The zero-order chi connectivity index (χ0) is 17.3. The average molecular weight is 347 g/mol. The number of hydrogen-bond acceptors (Lipinski definition) is 4. The Kier molecular flexibility index (Phi) is 3.87. The highest BCUT2D eigenvalue weighted by Crippen LogP contribution is 2.36. The van der Waals surface area contributed by atoms with Crippen molar-refractivity contribution in [2.45, 2.75) is 25.4 Å². The molecule has 1 aromatic heterocycles. The summed E-state index contributed by atoms with van der Waals surface area (Å²) in [7, 11) is 0. The maximum atomic E-state index is 5.50. The third-order valence-electron chi connectivity index (χ3n) is 5.12. The van der Waals surface area contributed by atoms with Crippen molar-refractivity contribution in [2.75, 3.05) is 13.3 Å². The molecule has 132 valence electrons. The Balaban J connectivity index is 1.39. The molecule has 2 aromatic carbocycles. The molecule has 2 aliphatic rings. The fourth-order valence-corrected chi connectivity index (χ4v) is 3.74. The third-order valence-corrected chi connectivity index (χ3v) is 5.12. The summed E-state index contributed by atoms with van der Waals surface area (Å²) in [6.45, 7) is 2.15. The van der Waals surface area contributed by atoms with Crippen LogP contribution in [0.1, 0.15) is 23.7 Å². The Hall–Kier alpha value is -2.79. The molecule has 0 saturated heterocycles. The molecule has 0 aliphatic carbocycles. The number of ether oxygens (including phenoxy) is 2. The molecule has 0 saturated carbocycles. The van der Waals surface area contributed by atoms with Gasteiger partial charge in [0.2, 0.25) is 6.79 Å². The maximum Gasteiger partial charge on any atom is 0.231 e. The van der Waals surface area contributed by atoms with Crippen molar-refractivity contribution < 1.29 is 9.47 Å². The first-order valence-corrected chi connectivity index (χ1v) is 9.12. The fraction of sp³-hybridized carbons (Fsp3) is 0.286. The molecule has 0 spiro atoms. The minimum Gasteiger partial charge on any atom is -0.454 e. The van der Waals surface area contributed by atoms with E-state index in [2.05, 4.69) is 46.4 Å². The van der Waals surface area contributed by atoms with Crippen LogP contribution in [0.5, 0.6) is 11.5 Å². The average Bonchev–Trinajstić information content (AvgIpc) is 3.33. The monoisotopic (exact) mass is 347 g/mol. The van der Waals surface area contributed by atoms with Gasteiger partial charge in [0.25, 0.3) is 0 Å². The van der Waals surface area contributed by atoms with E-state index in [4.69, 9.17) is 14.6 Å². The lowest BCUT2D eigenvalue weighted by molar-refractivity contribution is 0.174. The maximum absolute atomic E-state index is 5.50.